The van der Waals surface area contributed by atoms with E-state index in [4.69, 9.17) is 10.5 Å². The highest BCUT2D eigenvalue weighted by Crippen LogP contribution is 2.31. The molecule has 0 aromatic carbocycles. The Balaban J connectivity index is 1.82. The van der Waals surface area contributed by atoms with Crippen molar-refractivity contribution in [3.05, 3.63) is 12.0 Å². The number of nitrogens with one attached hydrogen (secondary N) is 1. The first kappa shape index (κ1) is 10.9. The summed E-state index contributed by atoms with van der Waals surface area (Å²) < 4.78 is 7.17. The first-order valence-electron chi connectivity index (χ1n) is 5.92. The average molecular weight is 277 g/mol. The van der Waals surface area contributed by atoms with E-state index < -0.39 is 0 Å². The number of H-pyrrole nitrogens is 1. The van der Waals surface area contributed by atoms with Gasteiger partial charge in [-0.05, 0) is 6.42 Å². The first-order chi connectivity index (χ1) is 9.33. The van der Waals surface area contributed by atoms with Gasteiger partial charge in [-0.2, -0.15) is 14.7 Å². The molecule has 0 aliphatic carbocycles. The Morgan fingerprint density at radius 2 is 2.42 bits per heavy atom. The molecule has 1 aliphatic heterocycles. The van der Waals surface area contributed by atoms with E-state index in [-0.39, 0.29) is 5.92 Å². The summed E-state index contributed by atoms with van der Waals surface area (Å²) in [5.41, 5.74) is 6.60. The number of nitrogen functional groups attached to an aromatic ring is 1. The monoisotopic (exact) mass is 277 g/mol. The summed E-state index contributed by atoms with van der Waals surface area (Å²) in [4.78, 5) is 0.762. The van der Waals surface area contributed by atoms with Crippen molar-refractivity contribution < 1.29 is 4.74 Å². The van der Waals surface area contributed by atoms with Crippen molar-refractivity contribution in [3.8, 4) is 10.6 Å². The van der Waals surface area contributed by atoms with Crippen molar-refractivity contribution in [3.63, 3.8) is 0 Å². The maximum atomic E-state index is 5.81. The van der Waals surface area contributed by atoms with E-state index in [0.29, 0.717) is 12.4 Å². The van der Waals surface area contributed by atoms with E-state index in [1.54, 1.807) is 10.7 Å². The maximum Gasteiger partial charge on any atom is 0.234 e. The Hall–Kier alpha value is -2.00. The van der Waals surface area contributed by atoms with Crippen molar-refractivity contribution in [2.24, 2.45) is 0 Å². The third kappa shape index (κ3) is 1.62. The molecule has 4 heterocycles. The zero-order valence-corrected chi connectivity index (χ0v) is 10.7. The summed E-state index contributed by atoms with van der Waals surface area (Å²) in [6.45, 7) is 1.45. The standard InChI is InChI=1S/C10H11N7OS/c11-7-6(3-12-13-7)9-16-17-8(5-1-2-18-4-5)14-15-10(17)19-9/h3,5H,1-2,4H2,(H3,11,12,13). The number of nitrogens with zero attached hydrogens (tertiary/aromatic N) is 5. The van der Waals surface area contributed by atoms with Gasteiger partial charge in [-0.25, -0.2) is 0 Å². The third-order valence-corrected chi connectivity index (χ3v) is 4.14. The van der Waals surface area contributed by atoms with Gasteiger partial charge in [-0.15, -0.1) is 10.2 Å². The summed E-state index contributed by atoms with van der Waals surface area (Å²) in [5.74, 6) is 1.64. The SMILES string of the molecule is Nc1[nH]ncc1-c1nn2c(C3CCOC3)nnc2s1. The molecule has 3 aromatic heterocycles. The van der Waals surface area contributed by atoms with Crippen molar-refractivity contribution in [2.45, 2.75) is 12.3 Å². The fourth-order valence-corrected chi connectivity index (χ4v) is 3.07. The van der Waals surface area contributed by atoms with Crippen molar-refractivity contribution >= 4 is 22.1 Å². The van der Waals surface area contributed by atoms with Gasteiger partial charge in [0.05, 0.1) is 18.4 Å². The number of aromatic amines is 1. The van der Waals surface area contributed by atoms with E-state index in [1.165, 1.54) is 11.3 Å². The van der Waals surface area contributed by atoms with Crippen LogP contribution < -0.4 is 5.73 Å². The van der Waals surface area contributed by atoms with Crippen LogP contribution in [0.4, 0.5) is 5.82 Å². The van der Waals surface area contributed by atoms with Crippen LogP contribution in [0.5, 0.6) is 0 Å². The lowest BCUT2D eigenvalue weighted by Crippen LogP contribution is -2.04. The predicted octanol–water partition coefficient (Wildman–Crippen LogP) is 0.662. The Morgan fingerprint density at radius 3 is 3.16 bits per heavy atom. The topological polar surface area (TPSA) is 107 Å². The molecule has 1 fully saturated rings. The summed E-state index contributed by atoms with van der Waals surface area (Å²) >= 11 is 1.45. The van der Waals surface area contributed by atoms with Crippen molar-refractivity contribution in [2.75, 3.05) is 18.9 Å². The van der Waals surface area contributed by atoms with Gasteiger partial charge in [0.1, 0.15) is 5.82 Å². The van der Waals surface area contributed by atoms with Crippen LogP contribution in [0.15, 0.2) is 6.20 Å². The highest BCUT2D eigenvalue weighted by Gasteiger charge is 2.25. The molecule has 0 bridgehead atoms. The second-order valence-corrected chi connectivity index (χ2v) is 5.37. The molecule has 0 radical (unpaired) electrons. The highest BCUT2D eigenvalue weighted by molar-refractivity contribution is 7.19. The van der Waals surface area contributed by atoms with E-state index in [0.717, 1.165) is 34.4 Å². The maximum absolute atomic E-state index is 5.81. The van der Waals surface area contributed by atoms with Crippen LogP contribution in [-0.2, 0) is 4.74 Å². The molecule has 98 valence electrons. The van der Waals surface area contributed by atoms with Gasteiger partial charge < -0.3 is 10.5 Å². The number of hydrogen-bond acceptors (Lipinski definition) is 7. The smallest absolute Gasteiger partial charge is 0.234 e. The van der Waals surface area contributed by atoms with Crippen LogP contribution in [0, 0.1) is 0 Å². The number of rotatable bonds is 2. The molecule has 3 N–H and O–H groups in total. The molecule has 19 heavy (non-hydrogen) atoms. The molecule has 3 aromatic rings. The Kier molecular flexibility index (Phi) is 2.29. The van der Waals surface area contributed by atoms with E-state index >= 15 is 0 Å². The fourth-order valence-electron chi connectivity index (χ4n) is 2.20. The van der Waals surface area contributed by atoms with Gasteiger partial charge >= 0.3 is 0 Å². The zero-order valence-electron chi connectivity index (χ0n) is 9.91. The number of anilines is 1. The largest absolute Gasteiger partial charge is 0.383 e. The van der Waals surface area contributed by atoms with Gasteiger partial charge in [0, 0.05) is 12.5 Å². The minimum absolute atomic E-state index is 0.270. The lowest BCUT2D eigenvalue weighted by Gasteiger charge is -2.01. The van der Waals surface area contributed by atoms with Crippen LogP contribution in [0.2, 0.25) is 0 Å². The van der Waals surface area contributed by atoms with Gasteiger partial charge in [0.25, 0.3) is 0 Å². The van der Waals surface area contributed by atoms with E-state index in [9.17, 15) is 0 Å². The third-order valence-electron chi connectivity index (χ3n) is 3.21. The lowest BCUT2D eigenvalue weighted by molar-refractivity contribution is 0.193. The molecule has 0 amide bonds. The van der Waals surface area contributed by atoms with Gasteiger partial charge in [0.15, 0.2) is 10.8 Å². The van der Waals surface area contributed by atoms with Gasteiger partial charge in [-0.3, -0.25) is 5.10 Å². The Labute approximate surface area is 111 Å². The van der Waals surface area contributed by atoms with E-state index in [2.05, 4.69) is 25.5 Å². The normalized spacial score (nSPS) is 19.5. The minimum Gasteiger partial charge on any atom is -0.383 e. The molecule has 0 spiro atoms. The Morgan fingerprint density at radius 1 is 1.47 bits per heavy atom. The predicted molar refractivity (Wildman–Crippen MR) is 68.8 cm³/mol. The summed E-state index contributed by atoms with van der Waals surface area (Å²) in [7, 11) is 0. The molecule has 8 nitrogen and oxygen atoms in total. The Bertz CT molecular complexity index is 723. The number of ether oxygens (including phenoxy) is 1. The summed E-state index contributed by atoms with van der Waals surface area (Å²) in [6.07, 6.45) is 2.63. The number of aromatic nitrogens is 6. The minimum atomic E-state index is 0.270. The quantitative estimate of drug-likeness (QED) is 0.712. The molecule has 1 atom stereocenters. The van der Waals surface area contributed by atoms with Gasteiger partial charge in [0.2, 0.25) is 4.96 Å². The average Bonchev–Trinajstić information content (AvgIpc) is 3.10. The van der Waals surface area contributed by atoms with Crippen LogP contribution in [-0.4, -0.2) is 43.2 Å². The highest BCUT2D eigenvalue weighted by atomic mass is 32.1. The molecule has 9 heteroatoms. The molecule has 0 saturated carbocycles. The van der Waals surface area contributed by atoms with Crippen LogP contribution in [0.25, 0.3) is 15.5 Å². The summed E-state index contributed by atoms with van der Waals surface area (Å²) in [6, 6.07) is 0. The first-order valence-corrected chi connectivity index (χ1v) is 6.73. The van der Waals surface area contributed by atoms with Crippen LogP contribution in [0.3, 0.4) is 0 Å². The molecule has 4 rings (SSSR count). The van der Waals surface area contributed by atoms with Crippen LogP contribution >= 0.6 is 11.3 Å². The van der Waals surface area contributed by atoms with Gasteiger partial charge in [-0.1, -0.05) is 11.3 Å². The summed E-state index contributed by atoms with van der Waals surface area (Å²) in [5, 5.41) is 20.3. The fraction of sp³-hybridized carbons (Fsp3) is 0.400. The second-order valence-electron chi connectivity index (χ2n) is 4.42. The molecule has 1 saturated heterocycles. The lowest BCUT2D eigenvalue weighted by atomic mass is 10.1. The van der Waals surface area contributed by atoms with Crippen molar-refractivity contribution in [1.82, 2.24) is 30.0 Å². The van der Waals surface area contributed by atoms with Crippen LogP contribution in [0.1, 0.15) is 18.2 Å². The van der Waals surface area contributed by atoms with E-state index in [1.807, 2.05) is 0 Å². The molecular weight excluding hydrogens is 266 g/mol. The number of nitrogens with two attached hydrogens (primary N) is 1. The molecule has 1 aliphatic rings. The number of hydrogen-bond donors (Lipinski definition) is 2. The zero-order chi connectivity index (χ0) is 12.8. The molecule has 1 unspecified atom stereocenters. The molecular formula is C10H11N7OS. The van der Waals surface area contributed by atoms with Crippen molar-refractivity contribution in [1.29, 1.82) is 0 Å². The second kappa shape index (κ2) is 4.00. The number of fused-ring (bicyclic) bond motifs is 1.